The normalized spacial score (nSPS) is 14.7. The molecule has 1 aliphatic carbocycles. The van der Waals surface area contributed by atoms with Gasteiger partial charge < -0.3 is 0 Å². The molecule has 0 saturated carbocycles. The number of Topliss-reactive ketones (excluding diaryl/α,β-unsaturated/α-hetero) is 1. The molecule has 4 heteroatoms. The maximum atomic E-state index is 12.6. The van der Waals surface area contributed by atoms with Crippen LogP contribution in [-0.2, 0) is 0 Å². The van der Waals surface area contributed by atoms with E-state index in [1.165, 1.54) is 0 Å². The maximum Gasteiger partial charge on any atom is 0.214 e. The van der Waals surface area contributed by atoms with Gasteiger partial charge >= 0.3 is 0 Å². The standard InChI is InChI=1S/C19H13ClN2O/c1-11-8-9-13(10-16(11)20)21-22-18-14-6-2-4-12-5-3-7-15(17(12)14)19(18)23/h2-10,21H,1H3/b22-18-. The maximum absolute atomic E-state index is 12.6. The lowest BCUT2D eigenvalue weighted by Crippen LogP contribution is -2.11. The lowest BCUT2D eigenvalue weighted by molar-refractivity contribution is 0.107. The van der Waals surface area contributed by atoms with Crippen molar-refractivity contribution in [3.63, 3.8) is 0 Å². The number of hydrazone groups is 1. The zero-order valence-corrected chi connectivity index (χ0v) is 13.2. The number of benzene rings is 3. The van der Waals surface area contributed by atoms with Crippen molar-refractivity contribution in [3.8, 4) is 0 Å². The van der Waals surface area contributed by atoms with E-state index >= 15 is 0 Å². The van der Waals surface area contributed by atoms with E-state index in [4.69, 9.17) is 11.6 Å². The summed E-state index contributed by atoms with van der Waals surface area (Å²) in [6, 6.07) is 17.2. The quantitative estimate of drug-likeness (QED) is 0.688. The Morgan fingerprint density at radius 1 is 1.00 bits per heavy atom. The molecule has 0 atom stereocenters. The second-order valence-corrected chi connectivity index (χ2v) is 5.98. The molecule has 4 rings (SSSR count). The predicted octanol–water partition coefficient (Wildman–Crippen LogP) is 4.81. The van der Waals surface area contributed by atoms with Crippen LogP contribution in [0.25, 0.3) is 10.8 Å². The highest BCUT2D eigenvalue weighted by molar-refractivity contribution is 6.59. The van der Waals surface area contributed by atoms with Gasteiger partial charge in [-0.05, 0) is 30.0 Å². The molecule has 0 unspecified atom stereocenters. The van der Waals surface area contributed by atoms with Gasteiger partial charge in [-0.1, -0.05) is 54.1 Å². The van der Waals surface area contributed by atoms with Crippen molar-refractivity contribution in [2.24, 2.45) is 5.10 Å². The van der Waals surface area contributed by atoms with Crippen molar-refractivity contribution >= 4 is 39.6 Å². The molecule has 3 aromatic rings. The van der Waals surface area contributed by atoms with Crippen molar-refractivity contribution in [2.45, 2.75) is 6.92 Å². The van der Waals surface area contributed by atoms with Crippen LogP contribution in [0.2, 0.25) is 5.02 Å². The molecule has 0 bridgehead atoms. The van der Waals surface area contributed by atoms with Crippen LogP contribution in [0.4, 0.5) is 5.69 Å². The highest BCUT2D eigenvalue weighted by atomic mass is 35.5. The first-order chi connectivity index (χ1) is 11.1. The smallest absolute Gasteiger partial charge is 0.214 e. The number of ketones is 1. The second-order valence-electron chi connectivity index (χ2n) is 5.57. The van der Waals surface area contributed by atoms with Gasteiger partial charge in [0.2, 0.25) is 5.78 Å². The van der Waals surface area contributed by atoms with Crippen molar-refractivity contribution in [1.82, 2.24) is 0 Å². The Kier molecular flexibility index (Phi) is 3.17. The summed E-state index contributed by atoms with van der Waals surface area (Å²) in [5.41, 5.74) is 6.71. The van der Waals surface area contributed by atoms with E-state index in [2.05, 4.69) is 10.5 Å². The van der Waals surface area contributed by atoms with Gasteiger partial charge in [-0.2, -0.15) is 5.10 Å². The molecule has 23 heavy (non-hydrogen) atoms. The molecule has 3 aromatic carbocycles. The Balaban J connectivity index is 1.77. The Hall–Kier alpha value is -2.65. The number of nitrogens with zero attached hydrogens (tertiary/aromatic N) is 1. The van der Waals surface area contributed by atoms with Crippen LogP contribution in [0.1, 0.15) is 21.5 Å². The number of hydrogen-bond donors (Lipinski definition) is 1. The number of nitrogens with one attached hydrogen (secondary N) is 1. The van der Waals surface area contributed by atoms with E-state index in [0.717, 1.165) is 27.6 Å². The third-order valence-electron chi connectivity index (χ3n) is 4.09. The van der Waals surface area contributed by atoms with Crippen molar-refractivity contribution in [1.29, 1.82) is 0 Å². The fourth-order valence-electron chi connectivity index (χ4n) is 2.87. The predicted molar refractivity (Wildman–Crippen MR) is 94.6 cm³/mol. The summed E-state index contributed by atoms with van der Waals surface area (Å²) in [7, 11) is 0. The molecule has 0 spiro atoms. The average Bonchev–Trinajstić information content (AvgIpc) is 2.84. The molecule has 0 radical (unpaired) electrons. The largest absolute Gasteiger partial charge is 0.287 e. The van der Waals surface area contributed by atoms with Gasteiger partial charge in [0.25, 0.3) is 0 Å². The van der Waals surface area contributed by atoms with Gasteiger partial charge in [-0.15, -0.1) is 0 Å². The van der Waals surface area contributed by atoms with Crippen LogP contribution in [0.15, 0.2) is 59.7 Å². The number of carbonyl (C=O) groups excluding carboxylic acids is 1. The molecule has 0 saturated heterocycles. The Morgan fingerprint density at radius 3 is 2.48 bits per heavy atom. The Bertz CT molecular complexity index is 987. The van der Waals surface area contributed by atoms with E-state index in [9.17, 15) is 4.79 Å². The average molecular weight is 321 g/mol. The first kappa shape index (κ1) is 14.0. The fraction of sp³-hybridized carbons (Fsp3) is 0.0526. The lowest BCUT2D eigenvalue weighted by atomic mass is 10.1. The molecule has 112 valence electrons. The Labute approximate surface area is 138 Å². The van der Waals surface area contributed by atoms with E-state index < -0.39 is 0 Å². The number of rotatable bonds is 2. The lowest BCUT2D eigenvalue weighted by Gasteiger charge is -2.04. The summed E-state index contributed by atoms with van der Waals surface area (Å²) >= 11 is 6.12. The minimum absolute atomic E-state index is 0.0532. The minimum atomic E-state index is -0.0532. The number of aryl methyl sites for hydroxylation is 1. The van der Waals surface area contributed by atoms with Gasteiger partial charge in [0, 0.05) is 21.5 Å². The summed E-state index contributed by atoms with van der Waals surface area (Å²) in [5, 5.41) is 7.04. The van der Waals surface area contributed by atoms with Gasteiger partial charge in [0.15, 0.2) is 0 Å². The number of hydrogen-bond acceptors (Lipinski definition) is 3. The molecular weight excluding hydrogens is 308 g/mol. The summed E-state index contributed by atoms with van der Waals surface area (Å²) in [5.74, 6) is -0.0532. The van der Waals surface area contributed by atoms with Gasteiger partial charge in [0.1, 0.15) is 5.71 Å². The molecule has 0 fully saturated rings. The molecule has 1 N–H and O–H groups in total. The zero-order chi connectivity index (χ0) is 16.0. The molecule has 1 aliphatic rings. The number of anilines is 1. The Morgan fingerprint density at radius 2 is 1.74 bits per heavy atom. The van der Waals surface area contributed by atoms with Crippen molar-refractivity contribution < 1.29 is 4.79 Å². The van der Waals surface area contributed by atoms with Crippen LogP contribution >= 0.6 is 11.6 Å². The third-order valence-corrected chi connectivity index (χ3v) is 4.50. The number of halogens is 1. The topological polar surface area (TPSA) is 41.5 Å². The van der Waals surface area contributed by atoms with E-state index in [-0.39, 0.29) is 5.78 Å². The fourth-order valence-corrected chi connectivity index (χ4v) is 3.05. The first-order valence-electron chi connectivity index (χ1n) is 7.32. The molecular formula is C19H13ClN2O. The van der Waals surface area contributed by atoms with Gasteiger partial charge in [-0.3, -0.25) is 10.2 Å². The SMILES string of the molecule is Cc1ccc(N/N=C2\C(=O)c3cccc4cccc2c34)cc1Cl. The summed E-state index contributed by atoms with van der Waals surface area (Å²) in [4.78, 5) is 12.6. The third kappa shape index (κ3) is 2.21. The van der Waals surface area contributed by atoms with E-state index in [1.807, 2.05) is 55.5 Å². The highest BCUT2D eigenvalue weighted by Crippen LogP contribution is 2.31. The molecule has 3 nitrogen and oxygen atoms in total. The monoisotopic (exact) mass is 320 g/mol. The van der Waals surface area contributed by atoms with Gasteiger partial charge in [-0.25, -0.2) is 0 Å². The molecule has 0 amide bonds. The molecule has 0 aliphatic heterocycles. The van der Waals surface area contributed by atoms with E-state index in [0.29, 0.717) is 16.3 Å². The highest BCUT2D eigenvalue weighted by Gasteiger charge is 2.28. The van der Waals surface area contributed by atoms with Crippen LogP contribution in [-0.4, -0.2) is 11.5 Å². The van der Waals surface area contributed by atoms with E-state index in [1.54, 1.807) is 6.07 Å². The molecule has 0 aromatic heterocycles. The number of carbonyl (C=O) groups is 1. The summed E-state index contributed by atoms with van der Waals surface area (Å²) in [6.07, 6.45) is 0. The van der Waals surface area contributed by atoms with Crippen LogP contribution in [0, 0.1) is 6.92 Å². The first-order valence-corrected chi connectivity index (χ1v) is 7.69. The van der Waals surface area contributed by atoms with Crippen molar-refractivity contribution in [2.75, 3.05) is 5.43 Å². The van der Waals surface area contributed by atoms with Crippen LogP contribution in [0.5, 0.6) is 0 Å². The van der Waals surface area contributed by atoms with Gasteiger partial charge in [0.05, 0.1) is 5.69 Å². The second kappa shape index (κ2) is 5.21. The minimum Gasteiger partial charge on any atom is -0.287 e. The van der Waals surface area contributed by atoms with Crippen molar-refractivity contribution in [3.05, 3.63) is 76.3 Å². The summed E-state index contributed by atoms with van der Waals surface area (Å²) in [6.45, 7) is 1.94. The van der Waals surface area contributed by atoms with Crippen LogP contribution in [0.3, 0.4) is 0 Å². The summed E-state index contributed by atoms with van der Waals surface area (Å²) < 4.78 is 0. The molecule has 0 heterocycles. The zero-order valence-electron chi connectivity index (χ0n) is 12.4. The van der Waals surface area contributed by atoms with Crippen LogP contribution < -0.4 is 5.43 Å².